The van der Waals surface area contributed by atoms with E-state index in [1.807, 2.05) is 25.1 Å². The Balaban J connectivity index is 1.78. The van der Waals surface area contributed by atoms with Crippen LogP contribution < -0.4 is 5.32 Å². The molecule has 0 spiro atoms. The maximum absolute atomic E-state index is 12.6. The lowest BCUT2D eigenvalue weighted by Crippen LogP contribution is -2.38. The zero-order valence-electron chi connectivity index (χ0n) is 14.1. The van der Waals surface area contributed by atoms with Crippen LogP contribution in [0, 0.1) is 0 Å². The monoisotopic (exact) mass is 340 g/mol. The summed E-state index contributed by atoms with van der Waals surface area (Å²) in [5, 5.41) is 17.5. The van der Waals surface area contributed by atoms with Gasteiger partial charge < -0.3 is 14.8 Å². The van der Waals surface area contributed by atoms with Gasteiger partial charge in [-0.3, -0.25) is 4.79 Å². The van der Waals surface area contributed by atoms with Crippen LogP contribution in [0.15, 0.2) is 53.4 Å². The second-order valence-electron chi connectivity index (χ2n) is 5.89. The molecule has 2 N–H and O–H groups in total. The Morgan fingerprint density at radius 1 is 1.36 bits per heavy atom. The van der Waals surface area contributed by atoms with Crippen LogP contribution in [0.5, 0.6) is 0 Å². The highest BCUT2D eigenvalue weighted by molar-refractivity contribution is 5.95. The van der Waals surface area contributed by atoms with Gasteiger partial charge in [0.25, 0.3) is 5.91 Å². The van der Waals surface area contributed by atoms with Gasteiger partial charge in [-0.05, 0) is 37.6 Å². The first-order chi connectivity index (χ1) is 12.0. The van der Waals surface area contributed by atoms with E-state index in [-0.39, 0.29) is 12.5 Å². The standard InChI is InChI=1S/C18H20N4O3/c1-3-14-13(11-21-22(14)16-8-4-5-9-19-16)17(23)20-12-18(2,24)15-7-6-10-25-15/h4-11,24H,3,12H2,1-2H3,(H,20,23). The number of aliphatic hydroxyl groups is 1. The van der Waals surface area contributed by atoms with E-state index in [1.165, 1.54) is 12.5 Å². The molecule has 0 aromatic carbocycles. The van der Waals surface area contributed by atoms with E-state index in [0.717, 1.165) is 5.69 Å². The van der Waals surface area contributed by atoms with Crippen molar-refractivity contribution in [3.8, 4) is 5.82 Å². The molecule has 0 bridgehead atoms. The number of amides is 1. The molecule has 1 amide bonds. The Kier molecular flexibility index (Phi) is 4.67. The molecular weight excluding hydrogens is 320 g/mol. The topological polar surface area (TPSA) is 93.2 Å². The molecule has 130 valence electrons. The molecule has 7 nitrogen and oxygen atoms in total. The molecule has 1 unspecified atom stereocenters. The SMILES string of the molecule is CCc1c(C(=O)NCC(C)(O)c2ccco2)cnn1-c1ccccn1. The van der Waals surface area contributed by atoms with Gasteiger partial charge in [-0.15, -0.1) is 0 Å². The molecule has 0 saturated carbocycles. The van der Waals surface area contributed by atoms with Crippen molar-refractivity contribution in [3.63, 3.8) is 0 Å². The molecule has 0 aliphatic heterocycles. The van der Waals surface area contributed by atoms with Crippen molar-refractivity contribution in [1.82, 2.24) is 20.1 Å². The maximum atomic E-state index is 12.6. The average molecular weight is 340 g/mol. The fraction of sp³-hybridized carbons (Fsp3) is 0.278. The molecule has 25 heavy (non-hydrogen) atoms. The van der Waals surface area contributed by atoms with Crippen LogP contribution in [-0.4, -0.2) is 32.3 Å². The number of carbonyl (C=O) groups is 1. The Hall–Kier alpha value is -2.93. The predicted octanol–water partition coefficient (Wildman–Crippen LogP) is 2.06. The Morgan fingerprint density at radius 2 is 2.20 bits per heavy atom. The van der Waals surface area contributed by atoms with Crippen LogP contribution in [0.1, 0.15) is 35.7 Å². The minimum Gasteiger partial charge on any atom is -0.466 e. The summed E-state index contributed by atoms with van der Waals surface area (Å²) in [6, 6.07) is 8.88. The molecule has 7 heteroatoms. The number of carbonyl (C=O) groups excluding carboxylic acids is 1. The maximum Gasteiger partial charge on any atom is 0.254 e. The quantitative estimate of drug-likeness (QED) is 0.716. The zero-order chi connectivity index (χ0) is 17.9. The minimum atomic E-state index is -1.29. The van der Waals surface area contributed by atoms with E-state index in [9.17, 15) is 9.90 Å². The number of nitrogens with one attached hydrogen (secondary N) is 1. The van der Waals surface area contributed by atoms with Gasteiger partial charge >= 0.3 is 0 Å². The van der Waals surface area contributed by atoms with Gasteiger partial charge in [0, 0.05) is 6.20 Å². The van der Waals surface area contributed by atoms with E-state index in [4.69, 9.17) is 4.42 Å². The largest absolute Gasteiger partial charge is 0.466 e. The molecule has 0 aliphatic carbocycles. The lowest BCUT2D eigenvalue weighted by molar-refractivity contribution is 0.0330. The van der Waals surface area contributed by atoms with E-state index in [1.54, 1.807) is 29.9 Å². The normalized spacial score (nSPS) is 13.4. The third-order valence-electron chi connectivity index (χ3n) is 3.96. The first-order valence-electron chi connectivity index (χ1n) is 8.06. The molecule has 3 heterocycles. The summed E-state index contributed by atoms with van der Waals surface area (Å²) in [5.74, 6) is 0.750. The molecule has 3 rings (SSSR count). The summed E-state index contributed by atoms with van der Waals surface area (Å²) in [5.41, 5.74) is -0.0695. The lowest BCUT2D eigenvalue weighted by atomic mass is 10.0. The second-order valence-corrected chi connectivity index (χ2v) is 5.89. The second kappa shape index (κ2) is 6.90. The van der Waals surface area contributed by atoms with E-state index in [2.05, 4.69) is 15.4 Å². The van der Waals surface area contributed by atoms with Crippen LogP contribution in [0.4, 0.5) is 0 Å². The summed E-state index contributed by atoms with van der Waals surface area (Å²) >= 11 is 0. The van der Waals surface area contributed by atoms with E-state index >= 15 is 0 Å². The van der Waals surface area contributed by atoms with Crippen molar-refractivity contribution < 1.29 is 14.3 Å². The third-order valence-corrected chi connectivity index (χ3v) is 3.96. The van der Waals surface area contributed by atoms with Gasteiger partial charge in [-0.1, -0.05) is 13.0 Å². The molecule has 1 atom stereocenters. The Bertz CT molecular complexity index is 839. The first-order valence-corrected chi connectivity index (χ1v) is 8.06. The van der Waals surface area contributed by atoms with Gasteiger partial charge in [-0.25, -0.2) is 9.67 Å². The molecule has 0 saturated heterocycles. The van der Waals surface area contributed by atoms with Gasteiger partial charge in [0.05, 0.1) is 30.3 Å². The van der Waals surface area contributed by atoms with Crippen molar-refractivity contribution in [1.29, 1.82) is 0 Å². The fourth-order valence-corrected chi connectivity index (χ4v) is 2.60. The van der Waals surface area contributed by atoms with Crippen molar-refractivity contribution in [2.75, 3.05) is 6.54 Å². The van der Waals surface area contributed by atoms with Gasteiger partial charge in [0.15, 0.2) is 5.82 Å². The Morgan fingerprint density at radius 3 is 2.84 bits per heavy atom. The number of rotatable bonds is 6. The molecule has 3 aromatic heterocycles. The Labute approximate surface area is 145 Å². The highest BCUT2D eigenvalue weighted by Crippen LogP contribution is 2.20. The van der Waals surface area contributed by atoms with Gasteiger partial charge in [-0.2, -0.15) is 5.10 Å². The third kappa shape index (κ3) is 3.46. The number of furan rings is 1. The first kappa shape index (κ1) is 16.9. The number of hydrogen-bond donors (Lipinski definition) is 2. The lowest BCUT2D eigenvalue weighted by Gasteiger charge is -2.21. The van der Waals surface area contributed by atoms with Crippen molar-refractivity contribution in [3.05, 3.63) is 66.0 Å². The molecule has 3 aromatic rings. The van der Waals surface area contributed by atoms with Crippen LogP contribution in [0.25, 0.3) is 5.82 Å². The highest BCUT2D eigenvalue weighted by Gasteiger charge is 2.28. The van der Waals surface area contributed by atoms with Crippen molar-refractivity contribution in [2.45, 2.75) is 25.9 Å². The predicted molar refractivity (Wildman–Crippen MR) is 91.3 cm³/mol. The van der Waals surface area contributed by atoms with Crippen LogP contribution in [0.3, 0.4) is 0 Å². The van der Waals surface area contributed by atoms with Crippen molar-refractivity contribution in [2.24, 2.45) is 0 Å². The molecule has 0 aliphatic rings. The summed E-state index contributed by atoms with van der Waals surface area (Å²) in [4.78, 5) is 16.8. The number of aromatic nitrogens is 3. The summed E-state index contributed by atoms with van der Waals surface area (Å²) in [6.07, 6.45) is 5.30. The minimum absolute atomic E-state index is 0.0251. The number of nitrogens with zero attached hydrogens (tertiary/aromatic N) is 3. The fourth-order valence-electron chi connectivity index (χ4n) is 2.60. The number of hydrogen-bond acceptors (Lipinski definition) is 5. The molecular formula is C18H20N4O3. The van der Waals surface area contributed by atoms with Gasteiger partial charge in [0.2, 0.25) is 0 Å². The van der Waals surface area contributed by atoms with Crippen LogP contribution in [0.2, 0.25) is 0 Å². The summed E-state index contributed by atoms with van der Waals surface area (Å²) in [6.45, 7) is 3.56. The number of pyridine rings is 1. The van der Waals surface area contributed by atoms with E-state index in [0.29, 0.717) is 23.6 Å². The zero-order valence-corrected chi connectivity index (χ0v) is 14.1. The smallest absolute Gasteiger partial charge is 0.254 e. The van der Waals surface area contributed by atoms with Crippen molar-refractivity contribution >= 4 is 5.91 Å². The van der Waals surface area contributed by atoms with Crippen LogP contribution in [-0.2, 0) is 12.0 Å². The highest BCUT2D eigenvalue weighted by atomic mass is 16.4. The van der Waals surface area contributed by atoms with E-state index < -0.39 is 5.60 Å². The van der Waals surface area contributed by atoms with Crippen LogP contribution >= 0.6 is 0 Å². The summed E-state index contributed by atoms with van der Waals surface area (Å²) < 4.78 is 6.87. The molecule has 0 radical (unpaired) electrons. The molecule has 0 fully saturated rings. The average Bonchev–Trinajstić information content (AvgIpc) is 3.30. The summed E-state index contributed by atoms with van der Waals surface area (Å²) in [7, 11) is 0. The van der Waals surface area contributed by atoms with Gasteiger partial charge in [0.1, 0.15) is 11.4 Å².